The maximum absolute atomic E-state index is 11.8. The molecular weight excluding hydrogens is 300 g/mol. The molecule has 3 atom stereocenters. The maximum atomic E-state index is 11.8. The average Bonchev–Trinajstić information content (AvgIpc) is 2.81. The number of rotatable bonds is 4. The lowest BCUT2D eigenvalue weighted by Crippen LogP contribution is -2.40. The van der Waals surface area contributed by atoms with Gasteiger partial charge in [-0.3, -0.25) is 0 Å². The first-order chi connectivity index (χ1) is 11.4. The fraction of sp³-hybridized carbons (Fsp3) is 0.550. The first kappa shape index (κ1) is 17.0. The number of hydrogen-bond donors (Lipinski definition) is 2. The van der Waals surface area contributed by atoms with E-state index in [1.54, 1.807) is 0 Å². The Kier molecular flexibility index (Phi) is 4.68. The van der Waals surface area contributed by atoms with Crippen molar-refractivity contribution in [1.29, 1.82) is 0 Å². The molecule has 24 heavy (non-hydrogen) atoms. The third-order valence-corrected chi connectivity index (χ3v) is 5.91. The highest BCUT2D eigenvalue weighted by atomic mass is 16.4. The van der Waals surface area contributed by atoms with E-state index in [1.165, 1.54) is 19.3 Å². The summed E-state index contributed by atoms with van der Waals surface area (Å²) in [6, 6.07) is 6.65. The SMILES string of the molecule is Cc1ccc2c(CNC3CCCC(C)C3C)c(C(=O)O)n(C)c2c1. The van der Waals surface area contributed by atoms with Crippen LogP contribution in [0.3, 0.4) is 0 Å². The van der Waals surface area contributed by atoms with Gasteiger partial charge in [0.15, 0.2) is 0 Å². The van der Waals surface area contributed by atoms with Crippen LogP contribution in [0.25, 0.3) is 10.9 Å². The van der Waals surface area contributed by atoms with Gasteiger partial charge in [-0.1, -0.05) is 38.8 Å². The van der Waals surface area contributed by atoms with Gasteiger partial charge < -0.3 is 15.0 Å². The molecular formula is C20H28N2O2. The number of carbonyl (C=O) groups is 1. The molecule has 0 saturated heterocycles. The normalized spacial score (nSPS) is 24.4. The van der Waals surface area contributed by atoms with Crippen LogP contribution < -0.4 is 5.32 Å². The number of nitrogens with one attached hydrogen (secondary N) is 1. The Bertz CT molecular complexity index is 763. The molecule has 1 fully saturated rings. The second kappa shape index (κ2) is 6.60. The molecule has 1 aromatic carbocycles. The van der Waals surface area contributed by atoms with E-state index in [-0.39, 0.29) is 0 Å². The Morgan fingerprint density at radius 1 is 1.33 bits per heavy atom. The van der Waals surface area contributed by atoms with Crippen molar-refractivity contribution in [3.63, 3.8) is 0 Å². The minimum Gasteiger partial charge on any atom is -0.477 e. The molecule has 2 aromatic rings. The summed E-state index contributed by atoms with van der Waals surface area (Å²) in [5.41, 5.74) is 3.45. The molecule has 1 aromatic heterocycles. The van der Waals surface area contributed by atoms with E-state index in [2.05, 4.69) is 37.4 Å². The van der Waals surface area contributed by atoms with E-state index < -0.39 is 5.97 Å². The summed E-state index contributed by atoms with van der Waals surface area (Å²) in [4.78, 5) is 11.8. The minimum atomic E-state index is -0.854. The van der Waals surface area contributed by atoms with Crippen LogP contribution in [0.1, 0.15) is 54.7 Å². The maximum Gasteiger partial charge on any atom is 0.352 e. The number of hydrogen-bond acceptors (Lipinski definition) is 2. The van der Waals surface area contributed by atoms with Crippen molar-refractivity contribution < 1.29 is 9.90 Å². The van der Waals surface area contributed by atoms with Crippen molar-refractivity contribution in [1.82, 2.24) is 9.88 Å². The Balaban J connectivity index is 1.93. The molecule has 4 heteroatoms. The molecule has 0 spiro atoms. The second-order valence-electron chi connectivity index (χ2n) is 7.47. The highest BCUT2D eigenvalue weighted by Gasteiger charge is 2.28. The van der Waals surface area contributed by atoms with E-state index in [0.29, 0.717) is 24.2 Å². The molecule has 0 amide bonds. The predicted octanol–water partition coefficient (Wildman–Crippen LogP) is 4.10. The third-order valence-electron chi connectivity index (χ3n) is 5.91. The van der Waals surface area contributed by atoms with Crippen LogP contribution in [-0.4, -0.2) is 21.7 Å². The number of aromatic carboxylic acids is 1. The van der Waals surface area contributed by atoms with Gasteiger partial charge in [0.05, 0.1) is 0 Å². The van der Waals surface area contributed by atoms with E-state index in [9.17, 15) is 9.90 Å². The third kappa shape index (κ3) is 2.95. The molecule has 4 nitrogen and oxygen atoms in total. The first-order valence-corrected chi connectivity index (χ1v) is 8.94. The molecule has 0 aliphatic heterocycles. The van der Waals surface area contributed by atoms with Crippen molar-refractivity contribution >= 4 is 16.9 Å². The summed E-state index contributed by atoms with van der Waals surface area (Å²) < 4.78 is 1.81. The standard InChI is InChI=1S/C20H28N2O2/c1-12-8-9-15-16(19(20(23)24)22(4)18(15)10-12)11-21-17-7-5-6-13(2)14(17)3/h8-10,13-14,17,21H,5-7,11H2,1-4H3,(H,23,24). The van der Waals surface area contributed by atoms with Crippen LogP contribution in [0.2, 0.25) is 0 Å². The van der Waals surface area contributed by atoms with Gasteiger partial charge in [-0.2, -0.15) is 0 Å². The van der Waals surface area contributed by atoms with Gasteiger partial charge in [-0.15, -0.1) is 0 Å². The number of carboxylic acid groups (broad SMARTS) is 1. The lowest BCUT2D eigenvalue weighted by atomic mass is 9.78. The Morgan fingerprint density at radius 2 is 2.08 bits per heavy atom. The first-order valence-electron chi connectivity index (χ1n) is 8.94. The van der Waals surface area contributed by atoms with Crippen LogP contribution in [0.5, 0.6) is 0 Å². The molecule has 130 valence electrons. The van der Waals surface area contributed by atoms with Crippen LogP contribution in [-0.2, 0) is 13.6 Å². The lowest BCUT2D eigenvalue weighted by Gasteiger charge is -2.34. The van der Waals surface area contributed by atoms with Gasteiger partial charge in [-0.05, 0) is 36.8 Å². The minimum absolute atomic E-state index is 0.402. The number of carboxylic acids is 1. The Morgan fingerprint density at radius 3 is 2.79 bits per heavy atom. The smallest absolute Gasteiger partial charge is 0.352 e. The summed E-state index contributed by atoms with van der Waals surface area (Å²) in [5, 5.41) is 14.4. The van der Waals surface area contributed by atoms with Crippen molar-refractivity contribution in [3.8, 4) is 0 Å². The van der Waals surface area contributed by atoms with Crippen molar-refractivity contribution in [3.05, 3.63) is 35.0 Å². The van der Waals surface area contributed by atoms with E-state index in [1.807, 2.05) is 18.5 Å². The van der Waals surface area contributed by atoms with Gasteiger partial charge in [-0.25, -0.2) is 4.79 Å². The quantitative estimate of drug-likeness (QED) is 0.888. The topological polar surface area (TPSA) is 54.3 Å². The summed E-state index contributed by atoms with van der Waals surface area (Å²) in [7, 11) is 1.85. The molecule has 1 saturated carbocycles. The van der Waals surface area contributed by atoms with E-state index in [4.69, 9.17) is 0 Å². The summed E-state index contributed by atoms with van der Waals surface area (Å²) in [5.74, 6) is 0.503. The molecule has 1 aliphatic rings. The number of nitrogens with zero attached hydrogens (tertiary/aromatic N) is 1. The van der Waals surface area contributed by atoms with Gasteiger partial charge in [0, 0.05) is 36.1 Å². The molecule has 3 rings (SSSR count). The second-order valence-corrected chi connectivity index (χ2v) is 7.47. The Labute approximate surface area is 143 Å². The average molecular weight is 328 g/mol. The predicted molar refractivity (Wildman–Crippen MR) is 97.4 cm³/mol. The van der Waals surface area contributed by atoms with Crippen LogP contribution in [0.15, 0.2) is 18.2 Å². The number of aryl methyl sites for hydroxylation is 2. The zero-order valence-electron chi connectivity index (χ0n) is 15.1. The van der Waals surface area contributed by atoms with Crippen molar-refractivity contribution in [2.24, 2.45) is 18.9 Å². The van der Waals surface area contributed by atoms with Crippen LogP contribution >= 0.6 is 0 Å². The summed E-state index contributed by atoms with van der Waals surface area (Å²) in [6.45, 7) is 7.29. The van der Waals surface area contributed by atoms with Crippen molar-refractivity contribution in [2.45, 2.75) is 52.6 Å². The fourth-order valence-electron chi connectivity index (χ4n) is 4.18. The van der Waals surface area contributed by atoms with E-state index >= 15 is 0 Å². The summed E-state index contributed by atoms with van der Waals surface area (Å²) in [6.07, 6.45) is 3.73. The number of aromatic nitrogens is 1. The lowest BCUT2D eigenvalue weighted by molar-refractivity contribution is 0.0685. The van der Waals surface area contributed by atoms with Gasteiger partial charge >= 0.3 is 5.97 Å². The van der Waals surface area contributed by atoms with Gasteiger partial charge in [0.1, 0.15) is 5.69 Å². The highest BCUT2D eigenvalue weighted by Crippen LogP contribution is 2.31. The fourth-order valence-corrected chi connectivity index (χ4v) is 4.18. The highest BCUT2D eigenvalue weighted by molar-refractivity contribution is 5.98. The summed E-state index contributed by atoms with van der Waals surface area (Å²) >= 11 is 0. The van der Waals surface area contributed by atoms with E-state index in [0.717, 1.165) is 27.9 Å². The van der Waals surface area contributed by atoms with Gasteiger partial charge in [0.25, 0.3) is 0 Å². The molecule has 1 heterocycles. The molecule has 1 aliphatic carbocycles. The molecule has 0 bridgehead atoms. The van der Waals surface area contributed by atoms with Crippen LogP contribution in [0, 0.1) is 18.8 Å². The zero-order chi connectivity index (χ0) is 17.4. The number of benzene rings is 1. The number of fused-ring (bicyclic) bond motifs is 1. The van der Waals surface area contributed by atoms with Crippen molar-refractivity contribution in [2.75, 3.05) is 0 Å². The van der Waals surface area contributed by atoms with Crippen LogP contribution in [0.4, 0.5) is 0 Å². The Hall–Kier alpha value is -1.81. The largest absolute Gasteiger partial charge is 0.477 e. The molecule has 2 N–H and O–H groups in total. The monoisotopic (exact) mass is 328 g/mol. The molecule has 3 unspecified atom stereocenters. The van der Waals surface area contributed by atoms with Gasteiger partial charge in [0.2, 0.25) is 0 Å². The zero-order valence-corrected chi connectivity index (χ0v) is 15.1. The molecule has 0 radical (unpaired) electrons.